The van der Waals surface area contributed by atoms with Crippen LogP contribution in [0.2, 0.25) is 0 Å². The number of fused-ring (bicyclic) bond motifs is 11. The Labute approximate surface area is 599 Å². The summed E-state index contributed by atoms with van der Waals surface area (Å²) in [5, 5.41) is 16.9. The number of nitrogens with zero attached hydrogens (tertiary/aromatic N) is 7. The van der Waals surface area contributed by atoms with Gasteiger partial charge in [-0.25, -0.2) is 24.9 Å². The number of aromatic nitrogens is 7. The van der Waals surface area contributed by atoms with Crippen molar-refractivity contribution in [3.63, 3.8) is 0 Å². The van der Waals surface area contributed by atoms with Gasteiger partial charge in [-0.2, -0.15) is 0 Å². The van der Waals surface area contributed by atoms with E-state index >= 15 is 0 Å². The molecule has 0 fully saturated rings. The van der Waals surface area contributed by atoms with Gasteiger partial charge >= 0.3 is 0 Å². The third-order valence-corrected chi connectivity index (χ3v) is 20.6. The van der Waals surface area contributed by atoms with Crippen molar-refractivity contribution in [2.45, 2.75) is 0 Å². The first-order valence-corrected chi connectivity index (χ1v) is 35.1. The highest BCUT2D eigenvalue weighted by Gasteiger charge is 2.20. The highest BCUT2D eigenvalue weighted by molar-refractivity contribution is 6.24. The molecule has 0 aliphatic heterocycles. The van der Waals surface area contributed by atoms with Gasteiger partial charge in [0, 0.05) is 67.7 Å². The third kappa shape index (κ3) is 10.6. The van der Waals surface area contributed by atoms with Gasteiger partial charge in [0.1, 0.15) is 0 Å². The van der Waals surface area contributed by atoms with E-state index in [4.69, 9.17) is 34.9 Å². The number of benzene rings is 16. The summed E-state index contributed by atoms with van der Waals surface area (Å²) < 4.78 is 0. The van der Waals surface area contributed by atoms with Crippen LogP contribution in [-0.4, -0.2) is 34.9 Å². The Kier molecular flexibility index (Phi) is 14.4. The summed E-state index contributed by atoms with van der Waals surface area (Å²) in [6.07, 6.45) is 3.76. The molecule has 0 saturated heterocycles. The second-order valence-electron chi connectivity index (χ2n) is 26.7. The molecule has 20 aromatic rings. The molecule has 482 valence electrons. The van der Waals surface area contributed by atoms with Crippen molar-refractivity contribution in [3.05, 3.63) is 358 Å². The van der Waals surface area contributed by atoms with Crippen LogP contribution in [-0.2, 0) is 0 Å². The summed E-state index contributed by atoms with van der Waals surface area (Å²) >= 11 is 0. The van der Waals surface area contributed by atoms with E-state index in [1.165, 1.54) is 75.8 Å². The average Bonchev–Trinajstić information content (AvgIpc) is 0.746. The van der Waals surface area contributed by atoms with Crippen molar-refractivity contribution >= 4 is 86.4 Å². The van der Waals surface area contributed by atoms with Gasteiger partial charge < -0.3 is 0 Å². The number of rotatable bonds is 11. The van der Waals surface area contributed by atoms with Crippen LogP contribution in [0.1, 0.15) is 0 Å². The molecule has 0 spiro atoms. The summed E-state index contributed by atoms with van der Waals surface area (Å²) in [5.74, 6) is 2.38. The average molecular weight is 1320 g/mol. The van der Waals surface area contributed by atoms with Gasteiger partial charge in [-0.15, -0.1) is 0 Å². The Balaban J connectivity index is 0.639. The van der Waals surface area contributed by atoms with Crippen LogP contribution in [0.25, 0.3) is 210 Å². The van der Waals surface area contributed by atoms with Crippen LogP contribution in [0.3, 0.4) is 0 Å². The van der Waals surface area contributed by atoms with Crippen LogP contribution < -0.4 is 0 Å². The first-order chi connectivity index (χ1) is 51.5. The number of hydrogen-bond donors (Lipinski definition) is 0. The van der Waals surface area contributed by atoms with Crippen LogP contribution in [0.15, 0.2) is 358 Å². The molecule has 0 bridgehead atoms. The molecule has 0 aliphatic rings. The van der Waals surface area contributed by atoms with Gasteiger partial charge in [-0.3, -0.25) is 9.97 Å². The topological polar surface area (TPSA) is 90.2 Å². The maximum atomic E-state index is 5.33. The molecular formula is C97H59N7. The molecule has 4 heterocycles. The smallest absolute Gasteiger partial charge is 0.164 e. The normalized spacial score (nSPS) is 11.7. The lowest BCUT2D eigenvalue weighted by Gasteiger charge is -2.15. The lowest BCUT2D eigenvalue weighted by Crippen LogP contribution is -2.00. The second kappa shape index (κ2) is 25.0. The van der Waals surface area contributed by atoms with E-state index in [0.29, 0.717) is 23.3 Å². The SMILES string of the molecule is c1ccc(-c2nc(-c3ccc(-c4c5ccccc5cc5c4ccc4ccccc45)cc3)cc(-c3ccc(-c4cccc5c(-c6cccc(-c7nc(-c8ccc(-c9cc%10ccc%11ccccc%11c%10c%10ccccc9%10)cc8)nc(-c8ccc(-c9cccc%10cccnc9%10)cc8)n7)c6)ccnc45)cc3)n2)cc1. The molecule has 0 unspecified atom stereocenters. The van der Waals surface area contributed by atoms with E-state index < -0.39 is 0 Å². The minimum Gasteiger partial charge on any atom is -0.256 e. The lowest BCUT2D eigenvalue weighted by molar-refractivity contribution is 1.07. The summed E-state index contributed by atoms with van der Waals surface area (Å²) in [6, 6.07) is 123. The summed E-state index contributed by atoms with van der Waals surface area (Å²) in [6.45, 7) is 0. The van der Waals surface area contributed by atoms with Crippen molar-refractivity contribution in [1.82, 2.24) is 34.9 Å². The fourth-order valence-corrected chi connectivity index (χ4v) is 15.5. The molecule has 7 heteroatoms. The van der Waals surface area contributed by atoms with Crippen LogP contribution in [0.4, 0.5) is 0 Å². The zero-order chi connectivity index (χ0) is 68.6. The van der Waals surface area contributed by atoms with Crippen molar-refractivity contribution in [2.75, 3.05) is 0 Å². The molecule has 0 radical (unpaired) electrons. The van der Waals surface area contributed by atoms with E-state index in [2.05, 4.69) is 322 Å². The van der Waals surface area contributed by atoms with Crippen LogP contribution in [0, 0.1) is 0 Å². The zero-order valence-corrected chi connectivity index (χ0v) is 56.2. The summed E-state index contributed by atoms with van der Waals surface area (Å²) in [4.78, 5) is 36.3. The first kappa shape index (κ1) is 60.0. The monoisotopic (exact) mass is 1320 g/mol. The molecule has 0 N–H and O–H groups in total. The zero-order valence-electron chi connectivity index (χ0n) is 56.2. The van der Waals surface area contributed by atoms with Crippen LogP contribution >= 0.6 is 0 Å². The Bertz CT molecular complexity index is 6810. The fraction of sp³-hybridized carbons (Fsp3) is 0. The molecule has 20 rings (SSSR count). The summed E-state index contributed by atoms with van der Waals surface area (Å²) in [5.41, 5.74) is 20.0. The maximum Gasteiger partial charge on any atom is 0.164 e. The van der Waals surface area contributed by atoms with E-state index in [1.807, 2.05) is 36.7 Å². The molecule has 0 saturated carbocycles. The first-order valence-electron chi connectivity index (χ1n) is 35.1. The van der Waals surface area contributed by atoms with Gasteiger partial charge in [-0.1, -0.05) is 309 Å². The highest BCUT2D eigenvalue weighted by Crippen LogP contribution is 2.44. The van der Waals surface area contributed by atoms with Crippen molar-refractivity contribution in [3.8, 4) is 124 Å². The largest absolute Gasteiger partial charge is 0.256 e. The molecular weight excluding hydrogens is 1260 g/mol. The van der Waals surface area contributed by atoms with Crippen LogP contribution in [0.5, 0.6) is 0 Å². The van der Waals surface area contributed by atoms with Gasteiger partial charge in [-0.05, 0) is 146 Å². The van der Waals surface area contributed by atoms with Gasteiger partial charge in [0.15, 0.2) is 23.3 Å². The Morgan fingerprint density at radius 1 is 0.173 bits per heavy atom. The van der Waals surface area contributed by atoms with Gasteiger partial charge in [0.2, 0.25) is 0 Å². The van der Waals surface area contributed by atoms with Crippen molar-refractivity contribution in [1.29, 1.82) is 0 Å². The maximum absolute atomic E-state index is 5.33. The quantitative estimate of drug-likeness (QED) is 0.0941. The molecule has 16 aromatic carbocycles. The standard InChI is InChI=1S/C97H59N7/c1-2-18-69(19-3-1)94-100-88(59-89(101-94)66-42-44-67(45-43-66)90-79-27-9-6-20-73(79)57-87-76-25-7-4-16-60(76)51-52-84(87)90)65-40-33-63(34-41-65)81-31-14-32-85-77(53-55-99-93(81)85)72-22-12-23-75(56-72)97-103-95(70-46-35-62(36-47-70)80-30-13-21-68-24-15-54-98-92(68)80)102-96(104-97)71-48-37-64(38-49-71)86-58-74-50-39-61-17-5-8-26-78(61)91(74)83-29-11-10-28-82(83)86/h1-59H. The Morgan fingerprint density at radius 2 is 0.635 bits per heavy atom. The van der Waals surface area contributed by atoms with Gasteiger partial charge in [0.05, 0.1) is 22.4 Å². The third-order valence-electron chi connectivity index (χ3n) is 20.6. The molecule has 0 atom stereocenters. The van der Waals surface area contributed by atoms with E-state index in [-0.39, 0.29) is 0 Å². The Morgan fingerprint density at radius 3 is 1.35 bits per heavy atom. The molecule has 4 aromatic heterocycles. The minimum atomic E-state index is 0.564. The second-order valence-corrected chi connectivity index (χ2v) is 26.7. The molecule has 0 aliphatic carbocycles. The lowest BCUT2D eigenvalue weighted by atomic mass is 9.89. The fourth-order valence-electron chi connectivity index (χ4n) is 15.5. The number of hydrogen-bond acceptors (Lipinski definition) is 7. The molecule has 104 heavy (non-hydrogen) atoms. The van der Waals surface area contributed by atoms with Gasteiger partial charge in [0.25, 0.3) is 0 Å². The minimum absolute atomic E-state index is 0.564. The predicted molar refractivity (Wildman–Crippen MR) is 431 cm³/mol. The summed E-state index contributed by atoms with van der Waals surface area (Å²) in [7, 11) is 0. The van der Waals surface area contributed by atoms with E-state index in [0.717, 1.165) is 111 Å². The molecule has 7 nitrogen and oxygen atoms in total. The number of para-hydroxylation sites is 2. The molecule has 0 amide bonds. The van der Waals surface area contributed by atoms with E-state index in [9.17, 15) is 0 Å². The highest BCUT2D eigenvalue weighted by atomic mass is 15.0. The van der Waals surface area contributed by atoms with Crippen molar-refractivity contribution in [2.24, 2.45) is 0 Å². The van der Waals surface area contributed by atoms with E-state index in [1.54, 1.807) is 0 Å². The number of pyridine rings is 2. The predicted octanol–water partition coefficient (Wildman–Crippen LogP) is 25.0. The van der Waals surface area contributed by atoms with Crippen molar-refractivity contribution < 1.29 is 0 Å². The Hall–Kier alpha value is -14.0.